The average molecular weight is 513 g/mol. The molecule has 4 atom stereocenters. The average Bonchev–Trinajstić information content (AvgIpc) is 2.79. The lowest BCUT2D eigenvalue weighted by molar-refractivity contribution is -0.177. The lowest BCUT2D eigenvalue weighted by Gasteiger charge is -2.34. The van der Waals surface area contributed by atoms with Crippen LogP contribution in [-0.2, 0) is 14.3 Å². The summed E-state index contributed by atoms with van der Waals surface area (Å²) in [5.74, 6) is -1.01. The van der Waals surface area contributed by atoms with Crippen LogP contribution in [0.2, 0.25) is 0 Å². The van der Waals surface area contributed by atoms with E-state index in [0.717, 1.165) is 0 Å². The molecule has 0 saturated carbocycles. The number of ether oxygens (including phenoxy) is 3. The molecule has 2 aromatic carbocycles. The summed E-state index contributed by atoms with van der Waals surface area (Å²) in [6.45, 7) is 11.9. The molecule has 2 heterocycles. The summed E-state index contributed by atoms with van der Waals surface area (Å²) in [5, 5.41) is 32.7. The van der Waals surface area contributed by atoms with Gasteiger partial charge in [-0.1, -0.05) is 12.2 Å². The number of benzene rings is 2. The van der Waals surface area contributed by atoms with Crippen LogP contribution in [0, 0.1) is 12.8 Å². The standard InChI is InChI=1S/C28H32O9/c1-12(2)16-11-35-24-13(3)10-18-20(21(24)22(16)31)23(32)19-17(30)9-8-15(25(19)37-18)26(34-7)27(28(5,6)33)36-14(4)29/h8-10,16,22,26-27,30-31,33H,1,11H2,2-7H3/t16-,22-,26-,27-/m1/s1. The second-order valence-electron chi connectivity index (χ2n) is 10.2. The van der Waals surface area contributed by atoms with Crippen molar-refractivity contribution in [3.8, 4) is 11.5 Å². The molecule has 1 aliphatic rings. The fourth-order valence-corrected chi connectivity index (χ4v) is 5.00. The Morgan fingerprint density at radius 2 is 1.92 bits per heavy atom. The number of rotatable bonds is 6. The Hall–Kier alpha value is -3.40. The maximum atomic E-state index is 13.9. The van der Waals surface area contributed by atoms with Crippen LogP contribution in [0.1, 0.15) is 56.6 Å². The molecule has 37 heavy (non-hydrogen) atoms. The summed E-state index contributed by atoms with van der Waals surface area (Å²) in [5.41, 5.74) is 0.0155. The van der Waals surface area contributed by atoms with E-state index in [0.29, 0.717) is 16.9 Å². The van der Waals surface area contributed by atoms with E-state index >= 15 is 0 Å². The van der Waals surface area contributed by atoms with E-state index in [1.807, 2.05) is 0 Å². The zero-order valence-electron chi connectivity index (χ0n) is 21.7. The second-order valence-corrected chi connectivity index (χ2v) is 10.2. The maximum absolute atomic E-state index is 13.9. The number of hydrogen-bond acceptors (Lipinski definition) is 9. The molecular weight excluding hydrogens is 480 g/mol. The third-order valence-electron chi connectivity index (χ3n) is 6.84. The molecule has 0 saturated heterocycles. The number of aliphatic hydroxyl groups excluding tert-OH is 1. The highest BCUT2D eigenvalue weighted by molar-refractivity contribution is 5.97. The summed E-state index contributed by atoms with van der Waals surface area (Å²) in [6, 6.07) is 4.44. The van der Waals surface area contributed by atoms with Crippen molar-refractivity contribution in [3.05, 3.63) is 57.3 Å². The number of phenolic OH excluding ortho intramolecular Hbond substituents is 1. The van der Waals surface area contributed by atoms with Gasteiger partial charge in [-0.3, -0.25) is 9.59 Å². The normalized spacial score (nSPS) is 19.2. The monoisotopic (exact) mass is 512 g/mol. The first-order chi connectivity index (χ1) is 17.3. The van der Waals surface area contributed by atoms with Crippen molar-refractivity contribution in [2.45, 2.75) is 58.5 Å². The van der Waals surface area contributed by atoms with Gasteiger partial charge in [0.25, 0.3) is 0 Å². The number of esters is 1. The predicted molar refractivity (Wildman–Crippen MR) is 137 cm³/mol. The zero-order valence-corrected chi connectivity index (χ0v) is 21.7. The quantitative estimate of drug-likeness (QED) is 0.255. The maximum Gasteiger partial charge on any atom is 0.303 e. The lowest BCUT2D eigenvalue weighted by Crippen LogP contribution is -2.44. The molecule has 1 aromatic heterocycles. The summed E-state index contributed by atoms with van der Waals surface area (Å²) < 4.78 is 23.2. The van der Waals surface area contributed by atoms with Gasteiger partial charge in [0.2, 0.25) is 5.43 Å². The zero-order chi connectivity index (χ0) is 27.4. The van der Waals surface area contributed by atoms with Gasteiger partial charge in [-0.2, -0.15) is 0 Å². The van der Waals surface area contributed by atoms with Crippen molar-refractivity contribution in [2.24, 2.45) is 5.92 Å². The van der Waals surface area contributed by atoms with E-state index in [2.05, 4.69) is 6.58 Å². The van der Waals surface area contributed by atoms with Crippen molar-refractivity contribution in [1.82, 2.24) is 0 Å². The van der Waals surface area contributed by atoms with Gasteiger partial charge in [0, 0.05) is 31.1 Å². The summed E-state index contributed by atoms with van der Waals surface area (Å²) >= 11 is 0. The number of carbonyl (C=O) groups is 1. The molecule has 1 aliphatic heterocycles. The van der Waals surface area contributed by atoms with Gasteiger partial charge in [0.1, 0.15) is 34.2 Å². The Kier molecular flexibility index (Phi) is 6.83. The Bertz CT molecular complexity index is 1460. The van der Waals surface area contributed by atoms with Crippen LogP contribution in [0.25, 0.3) is 21.9 Å². The number of aromatic hydroxyl groups is 1. The molecule has 3 N–H and O–H groups in total. The van der Waals surface area contributed by atoms with Gasteiger partial charge in [-0.25, -0.2) is 0 Å². The van der Waals surface area contributed by atoms with Gasteiger partial charge >= 0.3 is 5.97 Å². The first-order valence-electron chi connectivity index (χ1n) is 11.9. The number of carbonyl (C=O) groups excluding carboxylic acids is 1. The van der Waals surface area contributed by atoms with E-state index < -0.39 is 41.2 Å². The Labute approximate surface area is 213 Å². The molecule has 0 bridgehead atoms. The fraction of sp³-hybridized carbons (Fsp3) is 0.429. The summed E-state index contributed by atoms with van der Waals surface area (Å²) in [6.07, 6.45) is -3.28. The van der Waals surface area contributed by atoms with Gasteiger partial charge < -0.3 is 33.9 Å². The predicted octanol–water partition coefficient (Wildman–Crippen LogP) is 3.97. The van der Waals surface area contributed by atoms with Crippen molar-refractivity contribution in [1.29, 1.82) is 0 Å². The largest absolute Gasteiger partial charge is 0.507 e. The van der Waals surface area contributed by atoms with Gasteiger partial charge in [0.15, 0.2) is 6.10 Å². The molecule has 0 spiro atoms. The Morgan fingerprint density at radius 1 is 1.24 bits per heavy atom. The highest BCUT2D eigenvalue weighted by Gasteiger charge is 2.40. The van der Waals surface area contributed by atoms with Gasteiger partial charge in [-0.05, 0) is 51.5 Å². The fourth-order valence-electron chi connectivity index (χ4n) is 5.00. The Morgan fingerprint density at radius 3 is 2.49 bits per heavy atom. The first-order valence-corrected chi connectivity index (χ1v) is 11.9. The SMILES string of the molecule is C=C(C)[C@H]1COc2c(C)cc3oc4c([C@@H](OC)[C@@H](OC(C)=O)C(C)(C)O)ccc(O)c4c(=O)c3c2[C@@H]1O. The summed E-state index contributed by atoms with van der Waals surface area (Å²) in [7, 11) is 1.37. The molecule has 4 rings (SSSR count). The third kappa shape index (κ3) is 4.47. The Balaban J connectivity index is 2.07. The first kappa shape index (κ1) is 26.7. The van der Waals surface area contributed by atoms with Crippen LogP contribution in [0.4, 0.5) is 0 Å². The molecule has 0 unspecified atom stereocenters. The van der Waals surface area contributed by atoms with Gasteiger partial charge in [0.05, 0.1) is 23.7 Å². The number of aryl methyl sites for hydroxylation is 1. The molecule has 9 heteroatoms. The second kappa shape index (κ2) is 9.48. The van der Waals surface area contributed by atoms with Crippen molar-refractivity contribution in [3.63, 3.8) is 0 Å². The molecule has 0 radical (unpaired) electrons. The number of phenols is 1. The number of aliphatic hydroxyl groups is 2. The van der Waals surface area contributed by atoms with E-state index in [4.69, 9.17) is 18.6 Å². The molecule has 0 fully saturated rings. The van der Waals surface area contributed by atoms with Crippen molar-refractivity contribution < 1.29 is 38.7 Å². The van der Waals surface area contributed by atoms with E-state index in [-0.39, 0.29) is 45.4 Å². The molecular formula is C28H32O9. The minimum Gasteiger partial charge on any atom is -0.507 e. The smallest absolute Gasteiger partial charge is 0.303 e. The summed E-state index contributed by atoms with van der Waals surface area (Å²) in [4.78, 5) is 25.8. The van der Waals surface area contributed by atoms with Crippen LogP contribution in [-0.4, -0.2) is 46.7 Å². The molecule has 0 aliphatic carbocycles. The minimum absolute atomic E-state index is 0.00720. The van der Waals surface area contributed by atoms with Crippen LogP contribution in [0.3, 0.4) is 0 Å². The van der Waals surface area contributed by atoms with Crippen molar-refractivity contribution in [2.75, 3.05) is 13.7 Å². The van der Waals surface area contributed by atoms with Crippen LogP contribution in [0.5, 0.6) is 11.5 Å². The number of methoxy groups -OCH3 is 1. The minimum atomic E-state index is -1.53. The molecule has 0 amide bonds. The number of fused-ring (bicyclic) bond motifs is 4. The van der Waals surface area contributed by atoms with E-state index in [9.17, 15) is 24.9 Å². The highest BCUT2D eigenvalue weighted by atomic mass is 16.6. The van der Waals surface area contributed by atoms with Crippen LogP contribution >= 0.6 is 0 Å². The topological polar surface area (TPSA) is 136 Å². The van der Waals surface area contributed by atoms with Crippen molar-refractivity contribution >= 4 is 27.9 Å². The van der Waals surface area contributed by atoms with Crippen LogP contribution in [0.15, 0.2) is 39.6 Å². The van der Waals surface area contributed by atoms with E-state index in [1.54, 1.807) is 19.9 Å². The van der Waals surface area contributed by atoms with Gasteiger partial charge in [-0.15, -0.1) is 0 Å². The lowest BCUT2D eigenvalue weighted by atomic mass is 9.85. The third-order valence-corrected chi connectivity index (χ3v) is 6.84. The van der Waals surface area contributed by atoms with E-state index in [1.165, 1.54) is 40.0 Å². The number of hydrogen-bond donors (Lipinski definition) is 3. The molecule has 9 nitrogen and oxygen atoms in total. The van der Waals surface area contributed by atoms with Crippen LogP contribution < -0.4 is 10.2 Å². The molecule has 198 valence electrons. The highest BCUT2D eigenvalue weighted by Crippen LogP contribution is 2.45. The molecule has 3 aromatic rings.